The van der Waals surface area contributed by atoms with Crippen molar-refractivity contribution >= 4 is 38.8 Å². The van der Waals surface area contributed by atoms with E-state index in [1.54, 1.807) is 11.2 Å². The molecule has 2 heterocycles. The Morgan fingerprint density at radius 2 is 2.12 bits per heavy atom. The number of furan rings is 1. The van der Waals surface area contributed by atoms with Crippen LogP contribution in [0.2, 0.25) is 0 Å². The molecule has 134 valence electrons. The van der Waals surface area contributed by atoms with Crippen molar-refractivity contribution in [3.05, 3.63) is 34.5 Å². The molecule has 2 aromatic rings. The number of carbonyl (C=O) groups excluding carboxylic acids is 2. The van der Waals surface area contributed by atoms with Crippen LogP contribution in [0.1, 0.15) is 39.2 Å². The van der Waals surface area contributed by atoms with Gasteiger partial charge in [-0.05, 0) is 73.3 Å². The molecule has 3 rings (SSSR count). The zero-order chi connectivity index (χ0) is 18.2. The summed E-state index contributed by atoms with van der Waals surface area (Å²) in [5.41, 5.74) is 1.11. The number of halogens is 1. The van der Waals surface area contributed by atoms with E-state index in [4.69, 9.17) is 9.15 Å². The average Bonchev–Trinajstić information content (AvgIpc) is 3.14. The molecule has 0 unspecified atom stereocenters. The van der Waals surface area contributed by atoms with Crippen molar-refractivity contribution in [2.75, 3.05) is 6.54 Å². The van der Waals surface area contributed by atoms with Crippen LogP contribution in [-0.2, 0) is 16.0 Å². The van der Waals surface area contributed by atoms with E-state index in [2.05, 4.69) is 15.9 Å². The molecule has 5 nitrogen and oxygen atoms in total. The van der Waals surface area contributed by atoms with E-state index in [9.17, 15) is 9.59 Å². The minimum Gasteiger partial charge on any atom is -0.463 e. The van der Waals surface area contributed by atoms with E-state index in [1.807, 2.05) is 39.0 Å². The van der Waals surface area contributed by atoms with E-state index >= 15 is 0 Å². The Bertz CT molecular complexity index is 805. The maximum absolute atomic E-state index is 12.8. The minimum atomic E-state index is -0.565. The monoisotopic (exact) mass is 407 g/mol. The van der Waals surface area contributed by atoms with Crippen LogP contribution in [0.4, 0.5) is 4.79 Å². The predicted octanol–water partition coefficient (Wildman–Crippen LogP) is 4.71. The molecule has 1 aromatic heterocycles. The highest BCUT2D eigenvalue weighted by Gasteiger charge is 2.36. The lowest BCUT2D eigenvalue weighted by Gasteiger charge is -2.28. The predicted molar refractivity (Wildman–Crippen MR) is 98.6 cm³/mol. The van der Waals surface area contributed by atoms with Gasteiger partial charge < -0.3 is 9.15 Å². The highest BCUT2D eigenvalue weighted by atomic mass is 79.9. The molecule has 1 saturated heterocycles. The molecule has 0 aliphatic carbocycles. The van der Waals surface area contributed by atoms with Crippen molar-refractivity contribution < 1.29 is 18.7 Å². The molecule has 6 heteroatoms. The van der Waals surface area contributed by atoms with E-state index in [0.717, 1.165) is 27.4 Å². The fourth-order valence-electron chi connectivity index (χ4n) is 3.16. The van der Waals surface area contributed by atoms with Crippen molar-refractivity contribution in [3.63, 3.8) is 0 Å². The Hall–Kier alpha value is -1.82. The second-order valence-corrected chi connectivity index (χ2v) is 8.25. The van der Waals surface area contributed by atoms with Crippen LogP contribution < -0.4 is 0 Å². The first-order valence-corrected chi connectivity index (χ1v) is 9.22. The van der Waals surface area contributed by atoms with Crippen molar-refractivity contribution in [1.29, 1.82) is 0 Å². The number of benzene rings is 1. The molecule has 0 bridgehead atoms. The lowest BCUT2D eigenvalue weighted by molar-refractivity contribution is -0.122. The standard InChI is InChI=1S/C19H22BrNO4/c1-19(2,3)25-18(23)21-7-4-5-15(21)16(22)11-12-9-13-6-8-24-17(13)14(20)10-12/h6,8-10,15H,4-5,7,11H2,1-3H3/t15-/m0/s1. The van der Waals surface area contributed by atoms with Crippen LogP contribution in [0.25, 0.3) is 11.0 Å². The maximum Gasteiger partial charge on any atom is 0.410 e. The highest BCUT2D eigenvalue weighted by Crippen LogP contribution is 2.28. The number of hydrogen-bond acceptors (Lipinski definition) is 4. The topological polar surface area (TPSA) is 59.8 Å². The summed E-state index contributed by atoms with van der Waals surface area (Å²) in [6.45, 7) is 6.05. The van der Waals surface area contributed by atoms with Gasteiger partial charge in [0.2, 0.25) is 0 Å². The van der Waals surface area contributed by atoms with Crippen molar-refractivity contribution in [3.8, 4) is 0 Å². The number of ketones is 1. The van der Waals surface area contributed by atoms with Crippen molar-refractivity contribution in [2.45, 2.75) is 51.7 Å². The molecule has 1 aliphatic rings. The largest absolute Gasteiger partial charge is 0.463 e. The van der Waals surface area contributed by atoms with E-state index in [0.29, 0.717) is 13.0 Å². The van der Waals surface area contributed by atoms with Gasteiger partial charge in [0.05, 0.1) is 16.8 Å². The van der Waals surface area contributed by atoms with Crippen LogP contribution in [0.5, 0.6) is 0 Å². The Labute approximate surface area is 155 Å². The summed E-state index contributed by atoms with van der Waals surface area (Å²) in [6, 6.07) is 5.31. The Morgan fingerprint density at radius 1 is 1.36 bits per heavy atom. The van der Waals surface area contributed by atoms with Crippen LogP contribution in [-0.4, -0.2) is 35.0 Å². The number of rotatable bonds is 3. The van der Waals surface area contributed by atoms with Gasteiger partial charge in [-0.3, -0.25) is 9.69 Å². The minimum absolute atomic E-state index is 0.0399. The van der Waals surface area contributed by atoms with Crippen LogP contribution in [0, 0.1) is 0 Å². The smallest absolute Gasteiger partial charge is 0.410 e. The van der Waals surface area contributed by atoms with Gasteiger partial charge in [0.25, 0.3) is 0 Å². The number of fused-ring (bicyclic) bond motifs is 1. The number of carbonyl (C=O) groups is 2. The van der Waals surface area contributed by atoms with Gasteiger partial charge in [-0.25, -0.2) is 4.79 Å². The molecular formula is C19H22BrNO4. The number of ether oxygens (including phenoxy) is 1. The van der Waals surface area contributed by atoms with Crippen molar-refractivity contribution in [2.24, 2.45) is 0 Å². The summed E-state index contributed by atoms with van der Waals surface area (Å²) in [5.74, 6) is 0.0399. The van der Waals surface area contributed by atoms with Gasteiger partial charge in [-0.15, -0.1) is 0 Å². The maximum atomic E-state index is 12.8. The summed E-state index contributed by atoms with van der Waals surface area (Å²) in [6.07, 6.45) is 3.01. The summed E-state index contributed by atoms with van der Waals surface area (Å²) >= 11 is 3.48. The molecule has 1 aliphatic heterocycles. The summed E-state index contributed by atoms with van der Waals surface area (Å²) in [4.78, 5) is 26.7. The number of nitrogens with zero attached hydrogens (tertiary/aromatic N) is 1. The van der Waals surface area contributed by atoms with Gasteiger partial charge in [0.15, 0.2) is 5.78 Å². The molecule has 1 atom stereocenters. The van der Waals surface area contributed by atoms with E-state index in [1.165, 1.54) is 0 Å². The first kappa shape index (κ1) is 18.0. The molecule has 1 amide bonds. The fourth-order valence-corrected chi connectivity index (χ4v) is 3.77. The highest BCUT2D eigenvalue weighted by molar-refractivity contribution is 9.10. The third-order valence-corrected chi connectivity index (χ3v) is 4.79. The second kappa shape index (κ2) is 6.83. The number of Topliss-reactive ketones (excluding diaryl/α,β-unsaturated/α-hetero) is 1. The van der Waals surface area contributed by atoms with Gasteiger partial charge in [0, 0.05) is 18.4 Å². The SMILES string of the molecule is CC(C)(C)OC(=O)N1CCC[C@H]1C(=O)Cc1cc(Br)c2occc2c1. The van der Waals surface area contributed by atoms with Crippen LogP contribution >= 0.6 is 15.9 Å². The number of likely N-dealkylation sites (tertiary alicyclic amines) is 1. The van der Waals surface area contributed by atoms with E-state index in [-0.39, 0.29) is 12.2 Å². The van der Waals surface area contributed by atoms with Gasteiger partial charge in [-0.2, -0.15) is 0 Å². The molecule has 0 spiro atoms. The number of hydrogen-bond donors (Lipinski definition) is 0. The van der Waals surface area contributed by atoms with E-state index < -0.39 is 17.7 Å². The molecule has 0 N–H and O–H groups in total. The lowest BCUT2D eigenvalue weighted by Crippen LogP contribution is -2.43. The third-order valence-electron chi connectivity index (χ3n) is 4.20. The second-order valence-electron chi connectivity index (χ2n) is 7.39. The van der Waals surface area contributed by atoms with Gasteiger partial charge in [0.1, 0.15) is 11.2 Å². The third kappa shape index (κ3) is 4.06. The normalized spacial score (nSPS) is 17.9. The molecule has 25 heavy (non-hydrogen) atoms. The molecular weight excluding hydrogens is 386 g/mol. The first-order valence-electron chi connectivity index (χ1n) is 8.42. The molecule has 0 radical (unpaired) electrons. The summed E-state index contributed by atoms with van der Waals surface area (Å²) in [7, 11) is 0. The zero-order valence-corrected chi connectivity index (χ0v) is 16.3. The van der Waals surface area contributed by atoms with Gasteiger partial charge in [-0.1, -0.05) is 0 Å². The summed E-state index contributed by atoms with van der Waals surface area (Å²) in [5, 5.41) is 0.951. The molecule has 0 saturated carbocycles. The fraction of sp³-hybridized carbons (Fsp3) is 0.474. The molecule has 1 fully saturated rings. The zero-order valence-electron chi connectivity index (χ0n) is 14.7. The van der Waals surface area contributed by atoms with Gasteiger partial charge >= 0.3 is 6.09 Å². The Kier molecular flexibility index (Phi) is 4.91. The first-order chi connectivity index (χ1) is 11.7. The van der Waals surface area contributed by atoms with Crippen molar-refractivity contribution in [1.82, 2.24) is 4.90 Å². The lowest BCUT2D eigenvalue weighted by atomic mass is 10.0. The average molecular weight is 408 g/mol. The van der Waals surface area contributed by atoms with Crippen LogP contribution in [0.15, 0.2) is 33.4 Å². The van der Waals surface area contributed by atoms with Crippen LogP contribution in [0.3, 0.4) is 0 Å². The number of amides is 1. The summed E-state index contributed by atoms with van der Waals surface area (Å²) < 4.78 is 11.7. The Balaban J connectivity index is 1.73. The quantitative estimate of drug-likeness (QED) is 0.738. The Morgan fingerprint density at radius 3 is 2.84 bits per heavy atom. The molecule has 1 aromatic carbocycles.